The lowest BCUT2D eigenvalue weighted by Crippen LogP contribution is -2.07. The average Bonchev–Trinajstić information content (AvgIpc) is 2.39. The Morgan fingerprint density at radius 3 is 1.85 bits per heavy atom. The van der Waals surface area contributed by atoms with Gasteiger partial charge >= 0.3 is 0 Å². The fraction of sp³-hybridized carbons (Fsp3) is 0.143. The second-order valence-electron chi connectivity index (χ2n) is 4.22. The van der Waals surface area contributed by atoms with Gasteiger partial charge in [-0.3, -0.25) is 0 Å². The van der Waals surface area contributed by atoms with E-state index >= 15 is 0 Å². The summed E-state index contributed by atoms with van der Waals surface area (Å²) in [5.74, 6) is -6.39. The SMILES string of the molecule is OC(Cc1c(F)cccc1F)c1cc(F)c(F)c(F)c1. The third kappa shape index (κ3) is 2.80. The zero-order chi connectivity index (χ0) is 14.9. The molecule has 0 saturated heterocycles. The van der Waals surface area contributed by atoms with Crippen LogP contribution in [0.4, 0.5) is 22.0 Å². The molecule has 1 unspecified atom stereocenters. The lowest BCUT2D eigenvalue weighted by molar-refractivity contribution is 0.174. The van der Waals surface area contributed by atoms with E-state index in [0.29, 0.717) is 12.1 Å². The first-order valence-electron chi connectivity index (χ1n) is 5.65. The van der Waals surface area contributed by atoms with Crippen molar-refractivity contribution in [1.82, 2.24) is 0 Å². The van der Waals surface area contributed by atoms with Crippen LogP contribution in [0.3, 0.4) is 0 Å². The van der Waals surface area contributed by atoms with E-state index in [1.54, 1.807) is 0 Å². The van der Waals surface area contributed by atoms with E-state index in [2.05, 4.69) is 0 Å². The van der Waals surface area contributed by atoms with Crippen LogP contribution in [0.5, 0.6) is 0 Å². The monoisotopic (exact) mass is 288 g/mol. The van der Waals surface area contributed by atoms with Gasteiger partial charge in [0.1, 0.15) is 11.6 Å². The standard InChI is InChI=1S/C14H9F5O/c15-9-2-1-3-10(16)8(9)6-13(20)7-4-11(17)14(19)12(18)5-7/h1-5,13,20H,6H2. The van der Waals surface area contributed by atoms with Crippen LogP contribution in [-0.2, 0) is 6.42 Å². The summed E-state index contributed by atoms with van der Waals surface area (Å²) in [6.45, 7) is 0. The number of rotatable bonds is 3. The Hall–Kier alpha value is -1.95. The second kappa shape index (κ2) is 5.58. The molecule has 0 aliphatic rings. The molecule has 2 aromatic carbocycles. The van der Waals surface area contributed by atoms with E-state index in [-0.39, 0.29) is 5.56 Å². The van der Waals surface area contributed by atoms with Gasteiger partial charge in [0.2, 0.25) is 0 Å². The van der Waals surface area contributed by atoms with Crippen LogP contribution >= 0.6 is 0 Å². The van der Waals surface area contributed by atoms with Crippen LogP contribution in [0.15, 0.2) is 30.3 Å². The van der Waals surface area contributed by atoms with Crippen molar-refractivity contribution in [2.45, 2.75) is 12.5 Å². The van der Waals surface area contributed by atoms with Gasteiger partial charge in [-0.05, 0) is 29.8 Å². The molecule has 0 aliphatic carbocycles. The zero-order valence-corrected chi connectivity index (χ0v) is 10.0. The van der Waals surface area contributed by atoms with Crippen LogP contribution in [0.1, 0.15) is 17.2 Å². The molecular weight excluding hydrogens is 279 g/mol. The molecule has 0 amide bonds. The molecular formula is C14H9F5O. The van der Waals surface area contributed by atoms with Gasteiger partial charge in [0.05, 0.1) is 6.10 Å². The van der Waals surface area contributed by atoms with Gasteiger partial charge in [-0.1, -0.05) is 6.07 Å². The van der Waals surface area contributed by atoms with Crippen LogP contribution in [0.2, 0.25) is 0 Å². The van der Waals surface area contributed by atoms with Gasteiger partial charge in [0.25, 0.3) is 0 Å². The smallest absolute Gasteiger partial charge is 0.194 e. The van der Waals surface area contributed by atoms with Gasteiger partial charge in [0, 0.05) is 12.0 Å². The van der Waals surface area contributed by atoms with Crippen LogP contribution in [0, 0.1) is 29.1 Å². The molecule has 0 spiro atoms. The molecule has 2 aromatic rings. The predicted octanol–water partition coefficient (Wildman–Crippen LogP) is 3.66. The maximum Gasteiger partial charge on any atom is 0.194 e. The third-order valence-corrected chi connectivity index (χ3v) is 2.85. The predicted molar refractivity (Wildman–Crippen MR) is 61.3 cm³/mol. The van der Waals surface area contributed by atoms with Crippen molar-refractivity contribution in [3.8, 4) is 0 Å². The number of hydrogen-bond acceptors (Lipinski definition) is 1. The van der Waals surface area contributed by atoms with Gasteiger partial charge in [-0.15, -0.1) is 0 Å². The highest BCUT2D eigenvalue weighted by Crippen LogP contribution is 2.24. The largest absolute Gasteiger partial charge is 0.388 e. The zero-order valence-electron chi connectivity index (χ0n) is 10.0. The lowest BCUT2D eigenvalue weighted by atomic mass is 10.0. The normalized spacial score (nSPS) is 12.5. The summed E-state index contributed by atoms with van der Waals surface area (Å²) in [6, 6.07) is 4.31. The molecule has 2 rings (SSSR count). The second-order valence-corrected chi connectivity index (χ2v) is 4.22. The van der Waals surface area contributed by atoms with E-state index in [4.69, 9.17) is 0 Å². The van der Waals surface area contributed by atoms with E-state index in [1.807, 2.05) is 0 Å². The first-order valence-corrected chi connectivity index (χ1v) is 5.65. The molecule has 6 heteroatoms. The summed E-state index contributed by atoms with van der Waals surface area (Å²) >= 11 is 0. The molecule has 0 bridgehead atoms. The Kier molecular flexibility index (Phi) is 4.04. The van der Waals surface area contributed by atoms with Crippen LogP contribution in [-0.4, -0.2) is 5.11 Å². The summed E-state index contributed by atoms with van der Waals surface area (Å²) in [7, 11) is 0. The van der Waals surface area contributed by atoms with Crippen LogP contribution in [0.25, 0.3) is 0 Å². The summed E-state index contributed by atoms with van der Waals surface area (Å²) in [5.41, 5.74) is -0.714. The van der Waals surface area contributed by atoms with Crippen molar-refractivity contribution in [2.24, 2.45) is 0 Å². The first-order chi connectivity index (χ1) is 9.40. The highest BCUT2D eigenvalue weighted by Gasteiger charge is 2.19. The van der Waals surface area contributed by atoms with Crippen molar-refractivity contribution >= 4 is 0 Å². The fourth-order valence-corrected chi connectivity index (χ4v) is 1.81. The molecule has 0 saturated carbocycles. The summed E-state index contributed by atoms with van der Waals surface area (Å²) in [4.78, 5) is 0. The molecule has 0 fully saturated rings. The number of benzene rings is 2. The topological polar surface area (TPSA) is 20.2 Å². The summed E-state index contributed by atoms with van der Waals surface area (Å²) in [5, 5.41) is 9.77. The highest BCUT2D eigenvalue weighted by molar-refractivity contribution is 5.26. The molecule has 106 valence electrons. The number of hydrogen-bond donors (Lipinski definition) is 1. The van der Waals surface area contributed by atoms with Crippen molar-refractivity contribution in [1.29, 1.82) is 0 Å². The average molecular weight is 288 g/mol. The summed E-state index contributed by atoms with van der Waals surface area (Å²) < 4.78 is 65.6. The first kappa shape index (κ1) is 14.5. The third-order valence-electron chi connectivity index (χ3n) is 2.85. The molecule has 1 N–H and O–H groups in total. The number of halogens is 5. The minimum atomic E-state index is -1.67. The Labute approximate surface area is 111 Å². The van der Waals surface area contributed by atoms with Gasteiger partial charge < -0.3 is 5.11 Å². The van der Waals surface area contributed by atoms with Gasteiger partial charge in [-0.2, -0.15) is 0 Å². The minimum Gasteiger partial charge on any atom is -0.388 e. The van der Waals surface area contributed by atoms with Crippen molar-refractivity contribution in [2.75, 3.05) is 0 Å². The van der Waals surface area contributed by atoms with Crippen molar-refractivity contribution < 1.29 is 27.1 Å². The number of aliphatic hydroxyl groups is 1. The van der Waals surface area contributed by atoms with Crippen LogP contribution < -0.4 is 0 Å². The van der Waals surface area contributed by atoms with Gasteiger partial charge in [-0.25, -0.2) is 22.0 Å². The Bertz CT molecular complexity index is 598. The highest BCUT2D eigenvalue weighted by atomic mass is 19.2. The molecule has 0 radical (unpaired) electrons. The maximum absolute atomic E-state index is 13.4. The molecule has 1 nitrogen and oxygen atoms in total. The number of aliphatic hydroxyl groups excluding tert-OH is 1. The van der Waals surface area contributed by atoms with Crippen molar-refractivity contribution in [3.63, 3.8) is 0 Å². The van der Waals surface area contributed by atoms with E-state index in [0.717, 1.165) is 18.2 Å². The minimum absolute atomic E-state index is 0.302. The Morgan fingerprint density at radius 2 is 1.35 bits per heavy atom. The fourth-order valence-electron chi connectivity index (χ4n) is 1.81. The van der Waals surface area contributed by atoms with E-state index in [1.165, 1.54) is 0 Å². The van der Waals surface area contributed by atoms with Gasteiger partial charge in [0.15, 0.2) is 17.5 Å². The molecule has 0 aliphatic heterocycles. The van der Waals surface area contributed by atoms with E-state index in [9.17, 15) is 27.1 Å². The maximum atomic E-state index is 13.4. The van der Waals surface area contributed by atoms with E-state index < -0.39 is 47.2 Å². The molecule has 0 heterocycles. The van der Waals surface area contributed by atoms with Crippen molar-refractivity contribution in [3.05, 3.63) is 70.5 Å². The molecule has 20 heavy (non-hydrogen) atoms. The molecule has 1 atom stereocenters. The quantitative estimate of drug-likeness (QED) is 0.675. The Morgan fingerprint density at radius 1 is 0.850 bits per heavy atom. The summed E-state index contributed by atoms with van der Waals surface area (Å²) in [6.07, 6.45) is -2.09. The Balaban J connectivity index is 2.31. The lowest BCUT2D eigenvalue weighted by Gasteiger charge is -2.13. The molecule has 0 aromatic heterocycles.